The highest BCUT2D eigenvalue weighted by molar-refractivity contribution is 6.31. The zero-order valence-electron chi connectivity index (χ0n) is 14.8. The fraction of sp³-hybridized carbons (Fsp3) is 0.0909. The lowest BCUT2D eigenvalue weighted by Crippen LogP contribution is -2.41. The summed E-state index contributed by atoms with van der Waals surface area (Å²) < 4.78 is 5.73. The van der Waals surface area contributed by atoms with Crippen LogP contribution in [0.15, 0.2) is 66.7 Å². The van der Waals surface area contributed by atoms with Crippen LogP contribution in [-0.2, 0) is 15.4 Å². The van der Waals surface area contributed by atoms with Gasteiger partial charge in [0.2, 0.25) is 0 Å². The van der Waals surface area contributed by atoms with E-state index in [1.165, 1.54) is 18.2 Å². The highest BCUT2D eigenvalue weighted by Gasteiger charge is 2.49. The summed E-state index contributed by atoms with van der Waals surface area (Å²) in [6.45, 7) is 1.77. The van der Waals surface area contributed by atoms with E-state index in [0.717, 1.165) is 0 Å². The number of hydrogen-bond acceptors (Lipinski definition) is 5. The Hall–Kier alpha value is -2.99. The van der Waals surface area contributed by atoms with E-state index in [4.69, 9.17) is 21.2 Å². The third-order valence-corrected chi connectivity index (χ3v) is 5.07. The Bertz CT molecular complexity index is 1110. The Morgan fingerprint density at radius 3 is 2.39 bits per heavy atom. The fourth-order valence-electron chi connectivity index (χ4n) is 3.46. The molecule has 1 unspecified atom stereocenters. The molecular weight excluding hydrogens is 380 g/mol. The Morgan fingerprint density at radius 1 is 0.964 bits per heavy atom. The van der Waals surface area contributed by atoms with Gasteiger partial charge in [0, 0.05) is 27.3 Å². The topological polar surface area (TPSA) is 72.8 Å². The number of rotatable bonds is 3. The van der Waals surface area contributed by atoms with Crippen molar-refractivity contribution in [2.24, 2.45) is 0 Å². The van der Waals surface area contributed by atoms with Gasteiger partial charge in [-0.1, -0.05) is 54.1 Å². The van der Waals surface area contributed by atoms with Crippen molar-refractivity contribution in [1.29, 1.82) is 0 Å². The van der Waals surface area contributed by atoms with E-state index in [9.17, 15) is 14.8 Å². The number of hydrogen-bond donors (Lipinski definition) is 1. The van der Waals surface area contributed by atoms with Gasteiger partial charge in [-0.2, -0.15) is 4.89 Å². The van der Waals surface area contributed by atoms with Crippen LogP contribution in [-0.4, -0.2) is 17.0 Å². The molecule has 0 bridgehead atoms. The summed E-state index contributed by atoms with van der Waals surface area (Å²) in [6, 6.07) is 17.9. The Balaban J connectivity index is 1.93. The van der Waals surface area contributed by atoms with Crippen molar-refractivity contribution in [2.45, 2.75) is 12.7 Å². The first-order valence-electron chi connectivity index (χ1n) is 8.53. The molecule has 0 spiro atoms. The standard InChI is InChI=1S/C22H15ClO5/c1-13-6-2-3-7-15(13)21(25)27-22(28-26)18-9-5-4-8-16(18)20(24)17-12-14(23)10-11-19(17)22/h2-12,26H,1H3. The predicted molar refractivity (Wildman–Crippen MR) is 102 cm³/mol. The molecule has 3 aromatic carbocycles. The second kappa shape index (κ2) is 6.87. The molecule has 0 aromatic heterocycles. The van der Waals surface area contributed by atoms with Crippen molar-refractivity contribution in [3.05, 3.63) is 105 Å². The van der Waals surface area contributed by atoms with Crippen molar-refractivity contribution < 1.29 is 24.5 Å². The molecule has 0 fully saturated rings. The van der Waals surface area contributed by atoms with Gasteiger partial charge in [-0.15, -0.1) is 0 Å². The molecule has 4 rings (SSSR count). The first-order valence-corrected chi connectivity index (χ1v) is 8.91. The molecule has 0 radical (unpaired) electrons. The van der Waals surface area contributed by atoms with Crippen LogP contribution in [0.4, 0.5) is 0 Å². The Labute approximate surface area is 166 Å². The first-order chi connectivity index (χ1) is 13.5. The molecule has 0 saturated carbocycles. The summed E-state index contributed by atoms with van der Waals surface area (Å²) >= 11 is 6.06. The number of aryl methyl sites for hydroxylation is 1. The minimum absolute atomic E-state index is 0.192. The van der Waals surface area contributed by atoms with Gasteiger partial charge in [0.05, 0.1) is 5.56 Å². The molecule has 0 aliphatic heterocycles. The van der Waals surface area contributed by atoms with E-state index in [1.807, 2.05) is 0 Å². The summed E-state index contributed by atoms with van der Waals surface area (Å²) in [5, 5.41) is 10.3. The van der Waals surface area contributed by atoms with Gasteiger partial charge in [-0.3, -0.25) is 4.79 Å². The van der Waals surface area contributed by atoms with Crippen molar-refractivity contribution in [2.75, 3.05) is 0 Å². The van der Waals surface area contributed by atoms with Crippen LogP contribution in [0.5, 0.6) is 0 Å². The highest BCUT2D eigenvalue weighted by atomic mass is 35.5. The van der Waals surface area contributed by atoms with Crippen LogP contribution in [0.25, 0.3) is 0 Å². The van der Waals surface area contributed by atoms with Crippen molar-refractivity contribution in [3.63, 3.8) is 0 Å². The molecule has 1 atom stereocenters. The van der Waals surface area contributed by atoms with E-state index in [0.29, 0.717) is 16.1 Å². The third-order valence-electron chi connectivity index (χ3n) is 4.84. The third kappa shape index (κ3) is 2.72. The summed E-state index contributed by atoms with van der Waals surface area (Å²) in [6.07, 6.45) is 0. The Morgan fingerprint density at radius 2 is 1.64 bits per heavy atom. The number of carbonyl (C=O) groups is 2. The van der Waals surface area contributed by atoms with E-state index < -0.39 is 11.8 Å². The minimum atomic E-state index is -2.00. The van der Waals surface area contributed by atoms with Crippen molar-refractivity contribution in [1.82, 2.24) is 0 Å². The maximum absolute atomic E-state index is 12.9. The summed E-state index contributed by atoms with van der Waals surface area (Å²) in [5.41, 5.74) is 1.91. The summed E-state index contributed by atoms with van der Waals surface area (Å²) in [5.74, 6) is -2.99. The molecule has 3 aromatic rings. The summed E-state index contributed by atoms with van der Waals surface area (Å²) in [7, 11) is 0. The summed E-state index contributed by atoms with van der Waals surface area (Å²) in [4.78, 5) is 30.7. The number of benzene rings is 3. The van der Waals surface area contributed by atoms with Crippen LogP contribution in [0, 0.1) is 6.92 Å². The normalized spacial score (nSPS) is 17.6. The van der Waals surface area contributed by atoms with Gasteiger partial charge in [-0.25, -0.2) is 10.1 Å². The number of ketones is 1. The van der Waals surface area contributed by atoms with E-state index >= 15 is 0 Å². The molecule has 1 aliphatic rings. The van der Waals surface area contributed by atoms with Crippen molar-refractivity contribution in [3.8, 4) is 0 Å². The zero-order chi connectivity index (χ0) is 19.9. The van der Waals surface area contributed by atoms with E-state index in [1.54, 1.807) is 55.5 Å². The smallest absolute Gasteiger partial charge is 0.341 e. The minimum Gasteiger partial charge on any atom is -0.418 e. The Kier molecular flexibility index (Phi) is 4.51. The van der Waals surface area contributed by atoms with Gasteiger partial charge in [-0.05, 0) is 36.8 Å². The largest absolute Gasteiger partial charge is 0.418 e. The maximum atomic E-state index is 12.9. The second-order valence-corrected chi connectivity index (χ2v) is 6.91. The number of carbonyl (C=O) groups excluding carboxylic acids is 2. The molecule has 0 amide bonds. The quantitative estimate of drug-likeness (QED) is 0.300. The number of halogens is 1. The maximum Gasteiger partial charge on any atom is 0.341 e. The van der Waals surface area contributed by atoms with Gasteiger partial charge in [0.1, 0.15) is 0 Å². The predicted octanol–water partition coefficient (Wildman–Crippen LogP) is 4.74. The van der Waals surface area contributed by atoms with Crippen LogP contribution in [0.1, 0.15) is 43.0 Å². The lowest BCUT2D eigenvalue weighted by atomic mass is 9.80. The fourth-order valence-corrected chi connectivity index (χ4v) is 3.64. The molecule has 1 N–H and O–H groups in total. The molecule has 5 nitrogen and oxygen atoms in total. The SMILES string of the molecule is Cc1ccccc1C(=O)OC1(OO)c2ccccc2C(=O)c2cc(Cl)ccc21. The highest BCUT2D eigenvalue weighted by Crippen LogP contribution is 2.44. The molecular formula is C22H15ClO5. The van der Waals surface area contributed by atoms with Crippen molar-refractivity contribution >= 4 is 23.4 Å². The lowest BCUT2D eigenvalue weighted by Gasteiger charge is -2.36. The zero-order valence-corrected chi connectivity index (χ0v) is 15.6. The van der Waals surface area contributed by atoms with Crippen LogP contribution >= 0.6 is 11.6 Å². The average Bonchev–Trinajstić information content (AvgIpc) is 2.71. The molecule has 6 heteroatoms. The molecule has 1 aliphatic carbocycles. The van der Waals surface area contributed by atoms with Crippen LogP contribution in [0.3, 0.4) is 0 Å². The van der Waals surface area contributed by atoms with Crippen LogP contribution < -0.4 is 0 Å². The molecule has 0 heterocycles. The van der Waals surface area contributed by atoms with E-state index in [2.05, 4.69) is 0 Å². The second-order valence-electron chi connectivity index (χ2n) is 6.48. The average molecular weight is 395 g/mol. The number of ether oxygens (including phenoxy) is 1. The first kappa shape index (κ1) is 18.4. The van der Waals surface area contributed by atoms with Gasteiger partial charge >= 0.3 is 5.97 Å². The van der Waals surface area contributed by atoms with E-state index in [-0.39, 0.29) is 28.0 Å². The lowest BCUT2D eigenvalue weighted by molar-refractivity contribution is -0.380. The number of esters is 1. The van der Waals surface area contributed by atoms with Gasteiger partial charge < -0.3 is 4.74 Å². The number of fused-ring (bicyclic) bond motifs is 2. The molecule has 0 saturated heterocycles. The monoisotopic (exact) mass is 394 g/mol. The van der Waals surface area contributed by atoms with Gasteiger partial charge in [0.15, 0.2) is 5.78 Å². The molecule has 140 valence electrons. The molecule has 28 heavy (non-hydrogen) atoms. The van der Waals surface area contributed by atoms with Crippen LogP contribution in [0.2, 0.25) is 5.02 Å². The van der Waals surface area contributed by atoms with Gasteiger partial charge in [0.25, 0.3) is 5.79 Å².